The highest BCUT2D eigenvalue weighted by atomic mass is 79.9. The number of hydrazine groups is 1. The van der Waals surface area contributed by atoms with E-state index in [2.05, 4.69) is 45.6 Å². The fourth-order valence-electron chi connectivity index (χ4n) is 1.53. The molecule has 14 heavy (non-hydrogen) atoms. The van der Waals surface area contributed by atoms with E-state index in [9.17, 15) is 0 Å². The molecule has 0 aliphatic heterocycles. The maximum Gasteiger partial charge on any atom is 0.0360 e. The van der Waals surface area contributed by atoms with Crippen LogP contribution in [-0.4, -0.2) is 0 Å². The molecule has 2 aromatic rings. The average molecular weight is 251 g/mol. The Morgan fingerprint density at radius 3 is 2.71 bits per heavy atom. The van der Waals surface area contributed by atoms with Gasteiger partial charge >= 0.3 is 0 Å². The fraction of sp³-hybridized carbons (Fsp3) is 0.0909. The Balaban J connectivity index is 2.63. The molecule has 0 atom stereocenters. The highest BCUT2D eigenvalue weighted by Gasteiger charge is 2.02. The van der Waals surface area contributed by atoms with Gasteiger partial charge < -0.3 is 0 Å². The number of hydrogen-bond acceptors (Lipinski definition) is 2. The molecule has 0 aliphatic carbocycles. The van der Waals surface area contributed by atoms with Crippen molar-refractivity contribution in [2.45, 2.75) is 6.54 Å². The molecule has 0 bridgehead atoms. The van der Waals surface area contributed by atoms with Crippen LogP contribution >= 0.6 is 15.9 Å². The largest absolute Gasteiger partial charge is 0.271 e. The molecule has 0 aliphatic rings. The van der Waals surface area contributed by atoms with Crippen LogP contribution in [0.3, 0.4) is 0 Å². The minimum Gasteiger partial charge on any atom is -0.271 e. The summed E-state index contributed by atoms with van der Waals surface area (Å²) in [6, 6.07) is 12.4. The van der Waals surface area contributed by atoms with E-state index in [4.69, 9.17) is 5.84 Å². The Bertz CT molecular complexity index is 454. The third-order valence-electron chi connectivity index (χ3n) is 2.24. The summed E-state index contributed by atoms with van der Waals surface area (Å²) in [7, 11) is 0. The SMILES string of the molecule is NNCc1ccc2ccccc2c1Br. The van der Waals surface area contributed by atoms with E-state index in [1.807, 2.05) is 12.1 Å². The summed E-state index contributed by atoms with van der Waals surface area (Å²) < 4.78 is 1.12. The Morgan fingerprint density at radius 2 is 1.93 bits per heavy atom. The van der Waals surface area contributed by atoms with Gasteiger partial charge in [0, 0.05) is 11.0 Å². The smallest absolute Gasteiger partial charge is 0.0360 e. The van der Waals surface area contributed by atoms with Gasteiger partial charge in [0.15, 0.2) is 0 Å². The van der Waals surface area contributed by atoms with Gasteiger partial charge in [-0.1, -0.05) is 36.4 Å². The van der Waals surface area contributed by atoms with Crippen LogP contribution in [0.1, 0.15) is 5.56 Å². The van der Waals surface area contributed by atoms with E-state index in [0.717, 1.165) is 4.47 Å². The highest BCUT2D eigenvalue weighted by molar-refractivity contribution is 9.10. The van der Waals surface area contributed by atoms with Crippen LogP contribution in [0.15, 0.2) is 40.9 Å². The topological polar surface area (TPSA) is 38.0 Å². The lowest BCUT2D eigenvalue weighted by molar-refractivity contribution is 0.740. The van der Waals surface area contributed by atoms with Crippen LogP contribution in [0.2, 0.25) is 0 Å². The average Bonchev–Trinajstić information content (AvgIpc) is 2.23. The summed E-state index contributed by atoms with van der Waals surface area (Å²) in [5, 5.41) is 2.46. The first kappa shape index (κ1) is 9.65. The molecule has 2 rings (SSSR count). The van der Waals surface area contributed by atoms with Crippen molar-refractivity contribution in [3.63, 3.8) is 0 Å². The molecule has 0 spiro atoms. The van der Waals surface area contributed by atoms with Crippen molar-refractivity contribution in [2.24, 2.45) is 5.84 Å². The normalized spacial score (nSPS) is 10.7. The maximum absolute atomic E-state index is 5.30. The molecule has 72 valence electrons. The minimum atomic E-state index is 0.672. The number of hydrogen-bond donors (Lipinski definition) is 2. The van der Waals surface area contributed by atoms with Crippen LogP contribution in [-0.2, 0) is 6.54 Å². The first-order chi connectivity index (χ1) is 6.83. The third-order valence-corrected chi connectivity index (χ3v) is 3.17. The van der Waals surface area contributed by atoms with Gasteiger partial charge in [0.25, 0.3) is 0 Å². The van der Waals surface area contributed by atoms with E-state index >= 15 is 0 Å². The van der Waals surface area contributed by atoms with E-state index in [-0.39, 0.29) is 0 Å². The second kappa shape index (κ2) is 4.09. The minimum absolute atomic E-state index is 0.672. The van der Waals surface area contributed by atoms with Gasteiger partial charge in [-0.25, -0.2) is 0 Å². The summed E-state index contributed by atoms with van der Waals surface area (Å²) in [6.07, 6.45) is 0. The molecule has 0 aromatic heterocycles. The number of halogens is 1. The zero-order valence-electron chi connectivity index (χ0n) is 7.63. The summed E-state index contributed by atoms with van der Waals surface area (Å²) in [5.74, 6) is 5.30. The molecular formula is C11H11BrN2. The predicted octanol–water partition coefficient (Wildman–Crippen LogP) is 2.57. The van der Waals surface area contributed by atoms with E-state index in [1.54, 1.807) is 0 Å². The molecule has 0 amide bonds. The van der Waals surface area contributed by atoms with Gasteiger partial charge in [-0.15, -0.1) is 0 Å². The van der Waals surface area contributed by atoms with E-state index < -0.39 is 0 Å². The first-order valence-corrected chi connectivity index (χ1v) is 5.22. The Morgan fingerprint density at radius 1 is 1.14 bits per heavy atom. The number of nitrogens with one attached hydrogen (secondary N) is 1. The van der Waals surface area contributed by atoms with Crippen molar-refractivity contribution in [3.8, 4) is 0 Å². The van der Waals surface area contributed by atoms with Gasteiger partial charge in [-0.3, -0.25) is 11.3 Å². The van der Waals surface area contributed by atoms with Crippen molar-refractivity contribution >= 4 is 26.7 Å². The number of rotatable bonds is 2. The quantitative estimate of drug-likeness (QED) is 0.635. The summed E-state index contributed by atoms with van der Waals surface area (Å²) in [6.45, 7) is 0.672. The molecule has 0 radical (unpaired) electrons. The van der Waals surface area contributed by atoms with E-state index in [1.165, 1.54) is 16.3 Å². The molecule has 0 saturated carbocycles. The number of nitrogens with two attached hydrogens (primary N) is 1. The Hall–Kier alpha value is -0.900. The van der Waals surface area contributed by atoms with Gasteiger partial charge in [-0.2, -0.15) is 0 Å². The lowest BCUT2D eigenvalue weighted by atomic mass is 10.1. The Kier molecular flexibility index (Phi) is 2.82. The molecule has 0 unspecified atom stereocenters. The third kappa shape index (κ3) is 1.66. The fourth-order valence-corrected chi connectivity index (χ4v) is 2.16. The highest BCUT2D eigenvalue weighted by Crippen LogP contribution is 2.27. The standard InChI is InChI=1S/C11H11BrN2/c12-11-9(7-14-13)6-5-8-3-1-2-4-10(8)11/h1-6,14H,7,13H2. The van der Waals surface area contributed by atoms with Crippen LogP contribution in [0.25, 0.3) is 10.8 Å². The van der Waals surface area contributed by atoms with Crippen LogP contribution in [0, 0.1) is 0 Å². The van der Waals surface area contributed by atoms with Crippen molar-refractivity contribution < 1.29 is 0 Å². The molecular weight excluding hydrogens is 240 g/mol. The van der Waals surface area contributed by atoms with Crippen molar-refractivity contribution in [1.29, 1.82) is 0 Å². The Labute approximate surface area is 91.2 Å². The molecule has 3 N–H and O–H groups in total. The summed E-state index contributed by atoms with van der Waals surface area (Å²) in [5.41, 5.74) is 3.83. The molecule has 2 aromatic carbocycles. The number of benzene rings is 2. The molecule has 0 fully saturated rings. The number of fused-ring (bicyclic) bond motifs is 1. The monoisotopic (exact) mass is 250 g/mol. The summed E-state index contributed by atoms with van der Waals surface area (Å²) >= 11 is 3.59. The molecule has 2 nitrogen and oxygen atoms in total. The zero-order chi connectivity index (χ0) is 9.97. The molecule has 3 heteroatoms. The van der Waals surface area contributed by atoms with Crippen molar-refractivity contribution in [2.75, 3.05) is 0 Å². The second-order valence-corrected chi connectivity index (χ2v) is 3.93. The van der Waals surface area contributed by atoms with Crippen LogP contribution < -0.4 is 11.3 Å². The van der Waals surface area contributed by atoms with Crippen LogP contribution in [0.4, 0.5) is 0 Å². The van der Waals surface area contributed by atoms with Gasteiger partial charge in [-0.05, 0) is 32.3 Å². The molecule has 0 heterocycles. The van der Waals surface area contributed by atoms with Crippen LogP contribution in [0.5, 0.6) is 0 Å². The van der Waals surface area contributed by atoms with Gasteiger partial charge in [0.05, 0.1) is 0 Å². The van der Waals surface area contributed by atoms with Crippen molar-refractivity contribution in [1.82, 2.24) is 5.43 Å². The zero-order valence-corrected chi connectivity index (χ0v) is 9.21. The second-order valence-electron chi connectivity index (χ2n) is 3.14. The van der Waals surface area contributed by atoms with E-state index in [0.29, 0.717) is 6.54 Å². The first-order valence-electron chi connectivity index (χ1n) is 4.42. The molecule has 0 saturated heterocycles. The maximum atomic E-state index is 5.30. The van der Waals surface area contributed by atoms with Gasteiger partial charge in [0.1, 0.15) is 0 Å². The summed E-state index contributed by atoms with van der Waals surface area (Å²) in [4.78, 5) is 0. The lowest BCUT2D eigenvalue weighted by Gasteiger charge is -2.06. The van der Waals surface area contributed by atoms with Crippen molar-refractivity contribution in [3.05, 3.63) is 46.4 Å². The van der Waals surface area contributed by atoms with Gasteiger partial charge in [0.2, 0.25) is 0 Å². The predicted molar refractivity (Wildman–Crippen MR) is 62.7 cm³/mol. The lowest BCUT2D eigenvalue weighted by Crippen LogP contribution is -2.21.